The van der Waals surface area contributed by atoms with Gasteiger partial charge in [0.05, 0.1) is 7.11 Å². The Morgan fingerprint density at radius 3 is 2.62 bits per heavy atom. The molecule has 1 unspecified atom stereocenters. The summed E-state index contributed by atoms with van der Waals surface area (Å²) in [5.74, 6) is 1.36. The fraction of sp³-hybridized carbons (Fsp3) is 0.333. The second kappa shape index (κ2) is 6.27. The van der Waals surface area contributed by atoms with Crippen LogP contribution in [0.15, 0.2) is 48.5 Å². The highest BCUT2D eigenvalue weighted by atomic mass is 19.1. The predicted octanol–water partition coefficient (Wildman–Crippen LogP) is 4.08. The molecule has 0 radical (unpaired) electrons. The lowest BCUT2D eigenvalue weighted by molar-refractivity contribution is 0.413. The number of ether oxygens (including phenoxy) is 1. The number of nitrogens with one attached hydrogen (secondary N) is 1. The van der Waals surface area contributed by atoms with E-state index in [1.807, 2.05) is 30.3 Å². The first-order valence-electron chi connectivity index (χ1n) is 7.38. The Kier molecular flexibility index (Phi) is 4.20. The molecule has 0 bridgehead atoms. The third kappa shape index (κ3) is 3.61. The first-order chi connectivity index (χ1) is 10.3. The van der Waals surface area contributed by atoms with E-state index in [0.717, 1.165) is 12.3 Å². The van der Waals surface area contributed by atoms with Crippen molar-refractivity contribution in [1.82, 2.24) is 5.32 Å². The summed E-state index contributed by atoms with van der Waals surface area (Å²) >= 11 is 0. The van der Waals surface area contributed by atoms with Crippen molar-refractivity contribution in [2.24, 2.45) is 5.92 Å². The van der Waals surface area contributed by atoms with Crippen molar-refractivity contribution < 1.29 is 9.13 Å². The third-order valence-corrected chi connectivity index (χ3v) is 3.98. The van der Waals surface area contributed by atoms with Gasteiger partial charge in [-0.15, -0.1) is 0 Å². The molecule has 2 aromatic rings. The van der Waals surface area contributed by atoms with Gasteiger partial charge in [-0.3, -0.25) is 0 Å². The Balaban J connectivity index is 1.69. The smallest absolute Gasteiger partial charge is 0.123 e. The van der Waals surface area contributed by atoms with Crippen molar-refractivity contribution in [1.29, 1.82) is 0 Å². The molecule has 0 saturated heterocycles. The lowest BCUT2D eigenvalue weighted by atomic mass is 10.0. The van der Waals surface area contributed by atoms with Crippen molar-refractivity contribution in [3.63, 3.8) is 0 Å². The van der Waals surface area contributed by atoms with Crippen LogP contribution in [-0.4, -0.2) is 7.11 Å². The second-order valence-electron chi connectivity index (χ2n) is 5.60. The SMILES string of the molecule is COc1cccc(CNC(c2ccc(F)cc2)C2CC2)c1. The molecule has 1 N–H and O–H groups in total. The maximum atomic E-state index is 13.1. The van der Waals surface area contributed by atoms with Crippen molar-refractivity contribution in [2.75, 3.05) is 7.11 Å². The Bertz CT molecular complexity index is 592. The largest absolute Gasteiger partial charge is 0.497 e. The number of halogens is 1. The van der Waals surface area contributed by atoms with Crippen LogP contribution >= 0.6 is 0 Å². The van der Waals surface area contributed by atoms with Crippen LogP contribution < -0.4 is 10.1 Å². The van der Waals surface area contributed by atoms with Gasteiger partial charge in [-0.1, -0.05) is 24.3 Å². The van der Waals surface area contributed by atoms with Gasteiger partial charge < -0.3 is 10.1 Å². The van der Waals surface area contributed by atoms with Gasteiger partial charge >= 0.3 is 0 Å². The first kappa shape index (κ1) is 14.1. The number of benzene rings is 2. The van der Waals surface area contributed by atoms with Gasteiger partial charge in [-0.2, -0.15) is 0 Å². The normalized spacial score (nSPS) is 15.7. The zero-order valence-corrected chi connectivity index (χ0v) is 12.2. The van der Waals surface area contributed by atoms with Gasteiger partial charge in [0.25, 0.3) is 0 Å². The summed E-state index contributed by atoms with van der Waals surface area (Å²) in [6, 6.07) is 15.2. The summed E-state index contributed by atoms with van der Waals surface area (Å²) in [7, 11) is 1.68. The van der Waals surface area contributed by atoms with Crippen LogP contribution in [0.3, 0.4) is 0 Å². The average Bonchev–Trinajstić information content (AvgIpc) is 3.34. The van der Waals surface area contributed by atoms with Crippen molar-refractivity contribution >= 4 is 0 Å². The van der Waals surface area contributed by atoms with Crippen LogP contribution in [0.25, 0.3) is 0 Å². The van der Waals surface area contributed by atoms with E-state index in [1.165, 1.54) is 36.1 Å². The minimum absolute atomic E-state index is 0.180. The first-order valence-corrected chi connectivity index (χ1v) is 7.38. The molecule has 3 heteroatoms. The zero-order chi connectivity index (χ0) is 14.7. The highest BCUT2D eigenvalue weighted by Gasteiger charge is 2.31. The monoisotopic (exact) mass is 285 g/mol. The number of rotatable bonds is 6. The van der Waals surface area contributed by atoms with Crippen molar-refractivity contribution in [3.05, 3.63) is 65.5 Å². The molecule has 0 aromatic heterocycles. The molecular weight excluding hydrogens is 265 g/mol. The summed E-state index contributed by atoms with van der Waals surface area (Å²) in [5, 5.41) is 3.61. The Hall–Kier alpha value is -1.87. The van der Waals surface area contributed by atoms with Gasteiger partial charge in [0, 0.05) is 12.6 Å². The predicted molar refractivity (Wildman–Crippen MR) is 81.7 cm³/mol. The molecule has 0 aliphatic heterocycles. The summed E-state index contributed by atoms with van der Waals surface area (Å²) in [4.78, 5) is 0. The molecule has 1 aliphatic rings. The molecule has 2 nitrogen and oxygen atoms in total. The van der Waals surface area contributed by atoms with E-state index < -0.39 is 0 Å². The van der Waals surface area contributed by atoms with Crippen molar-refractivity contribution in [3.8, 4) is 5.75 Å². The fourth-order valence-electron chi connectivity index (χ4n) is 2.67. The molecule has 2 aromatic carbocycles. The van der Waals surface area contributed by atoms with Crippen molar-refractivity contribution in [2.45, 2.75) is 25.4 Å². The molecule has 1 atom stereocenters. The van der Waals surface area contributed by atoms with Gasteiger partial charge in [-0.25, -0.2) is 4.39 Å². The van der Waals surface area contributed by atoms with Crippen LogP contribution in [0.2, 0.25) is 0 Å². The Morgan fingerprint density at radius 2 is 1.95 bits per heavy atom. The maximum Gasteiger partial charge on any atom is 0.123 e. The summed E-state index contributed by atoms with van der Waals surface area (Å²) in [6.07, 6.45) is 2.49. The lowest BCUT2D eigenvalue weighted by Crippen LogP contribution is -2.22. The van der Waals surface area contributed by atoms with E-state index >= 15 is 0 Å². The topological polar surface area (TPSA) is 21.3 Å². The van der Waals surface area contributed by atoms with Crippen LogP contribution in [-0.2, 0) is 6.54 Å². The van der Waals surface area contributed by atoms with E-state index in [9.17, 15) is 4.39 Å². The highest BCUT2D eigenvalue weighted by Crippen LogP contribution is 2.41. The molecule has 3 rings (SSSR count). The van der Waals surface area contributed by atoms with Gasteiger partial charge in [-0.05, 0) is 54.2 Å². The molecule has 110 valence electrons. The minimum Gasteiger partial charge on any atom is -0.497 e. The van der Waals surface area contributed by atoms with Crippen LogP contribution in [0.1, 0.15) is 30.0 Å². The van der Waals surface area contributed by atoms with E-state index in [0.29, 0.717) is 12.0 Å². The van der Waals surface area contributed by atoms with Gasteiger partial charge in [0.2, 0.25) is 0 Å². The Morgan fingerprint density at radius 1 is 1.19 bits per heavy atom. The van der Waals surface area contributed by atoms with Gasteiger partial charge in [0.1, 0.15) is 11.6 Å². The molecule has 0 amide bonds. The number of methoxy groups -OCH3 is 1. The lowest BCUT2D eigenvalue weighted by Gasteiger charge is -2.19. The van der Waals surface area contributed by atoms with E-state index in [1.54, 1.807) is 7.11 Å². The van der Waals surface area contributed by atoms with Gasteiger partial charge in [0.15, 0.2) is 0 Å². The number of hydrogen-bond donors (Lipinski definition) is 1. The molecule has 1 fully saturated rings. The Labute approximate surface area is 125 Å². The molecule has 1 aliphatic carbocycles. The maximum absolute atomic E-state index is 13.1. The summed E-state index contributed by atoms with van der Waals surface area (Å²) < 4.78 is 18.3. The summed E-state index contributed by atoms with van der Waals surface area (Å²) in [5.41, 5.74) is 2.36. The van der Waals surface area contributed by atoms with E-state index in [-0.39, 0.29) is 5.82 Å². The number of hydrogen-bond acceptors (Lipinski definition) is 2. The fourth-order valence-corrected chi connectivity index (χ4v) is 2.67. The summed E-state index contributed by atoms with van der Waals surface area (Å²) in [6.45, 7) is 0.787. The van der Waals surface area contributed by atoms with Crippen LogP contribution in [0, 0.1) is 11.7 Å². The quantitative estimate of drug-likeness (QED) is 0.863. The van der Waals surface area contributed by atoms with E-state index in [2.05, 4.69) is 11.4 Å². The molecule has 21 heavy (non-hydrogen) atoms. The van der Waals surface area contributed by atoms with Crippen LogP contribution in [0.4, 0.5) is 4.39 Å². The third-order valence-electron chi connectivity index (χ3n) is 3.98. The molecular formula is C18H20FNO. The average molecular weight is 285 g/mol. The molecule has 0 heterocycles. The van der Waals surface area contributed by atoms with Crippen LogP contribution in [0.5, 0.6) is 5.75 Å². The minimum atomic E-state index is -0.180. The van der Waals surface area contributed by atoms with E-state index in [4.69, 9.17) is 4.74 Å². The molecule has 1 saturated carbocycles. The standard InChI is InChI=1S/C18H20FNO/c1-21-17-4-2-3-13(11-17)12-20-18(14-5-6-14)15-7-9-16(19)10-8-15/h2-4,7-11,14,18,20H,5-6,12H2,1H3. The molecule has 0 spiro atoms. The highest BCUT2D eigenvalue weighted by molar-refractivity contribution is 5.29. The second-order valence-corrected chi connectivity index (χ2v) is 5.60. The zero-order valence-electron chi connectivity index (χ0n) is 12.2.